The number of carbonyl (C=O) groups is 1. The predicted molar refractivity (Wildman–Crippen MR) is 120 cm³/mol. The summed E-state index contributed by atoms with van der Waals surface area (Å²) in [6.07, 6.45) is 1.64. The van der Waals surface area contributed by atoms with Crippen LogP contribution in [0.5, 0.6) is 5.75 Å². The first kappa shape index (κ1) is 22.3. The summed E-state index contributed by atoms with van der Waals surface area (Å²) in [5.41, 5.74) is 5.46. The number of carboxylic acid groups (broad SMARTS) is 1. The summed E-state index contributed by atoms with van der Waals surface area (Å²) < 4.78 is 5.44. The number of pyridine rings is 1. The number of methoxy groups -OCH3 is 1. The highest BCUT2D eigenvalue weighted by Crippen LogP contribution is 2.26. The maximum absolute atomic E-state index is 11.0. The van der Waals surface area contributed by atoms with E-state index in [0.29, 0.717) is 23.7 Å². The fourth-order valence-corrected chi connectivity index (χ4v) is 3.34. The Morgan fingerprint density at radius 2 is 1.87 bits per heavy atom. The minimum absolute atomic E-state index is 0.214. The molecule has 7 nitrogen and oxygen atoms in total. The van der Waals surface area contributed by atoms with Crippen molar-refractivity contribution in [3.05, 3.63) is 77.5 Å². The van der Waals surface area contributed by atoms with Crippen LogP contribution in [0.15, 0.2) is 60.8 Å². The van der Waals surface area contributed by atoms with Gasteiger partial charge in [-0.1, -0.05) is 48.5 Å². The number of aliphatic carboxylic acids is 1. The average molecular weight is 421 g/mol. The van der Waals surface area contributed by atoms with Gasteiger partial charge in [0.15, 0.2) is 0 Å². The lowest BCUT2D eigenvalue weighted by molar-refractivity contribution is -0.140. The number of rotatable bonds is 10. The fourth-order valence-electron chi connectivity index (χ4n) is 3.34. The zero-order valence-electron chi connectivity index (χ0n) is 17.6. The van der Waals surface area contributed by atoms with E-state index in [2.05, 4.69) is 52.9 Å². The molecule has 1 heterocycles. The van der Waals surface area contributed by atoms with Crippen molar-refractivity contribution >= 4 is 11.8 Å². The van der Waals surface area contributed by atoms with Crippen molar-refractivity contribution in [2.45, 2.75) is 26.1 Å². The molecule has 0 spiro atoms. The molecule has 0 fully saturated rings. The number of ether oxygens (including phenoxy) is 1. The highest BCUT2D eigenvalue weighted by Gasteiger charge is 2.16. The smallest absolute Gasteiger partial charge is 0.323 e. The first-order valence-corrected chi connectivity index (χ1v) is 10.0. The van der Waals surface area contributed by atoms with Gasteiger partial charge in [-0.2, -0.15) is 0 Å². The number of hydrogen-bond donors (Lipinski definition) is 4. The van der Waals surface area contributed by atoms with Crippen LogP contribution in [0.2, 0.25) is 0 Å². The van der Waals surface area contributed by atoms with Gasteiger partial charge in [0.25, 0.3) is 0 Å². The van der Waals surface area contributed by atoms with E-state index in [0.717, 1.165) is 0 Å². The molecule has 2 aromatic carbocycles. The van der Waals surface area contributed by atoms with Crippen molar-refractivity contribution in [3.8, 4) is 16.9 Å². The fraction of sp³-hybridized carbons (Fsp3) is 0.250. The van der Waals surface area contributed by atoms with E-state index in [9.17, 15) is 4.79 Å². The van der Waals surface area contributed by atoms with E-state index in [-0.39, 0.29) is 6.54 Å². The molecule has 0 aliphatic rings. The molecule has 0 radical (unpaired) electrons. The van der Waals surface area contributed by atoms with Gasteiger partial charge >= 0.3 is 5.97 Å². The Hall–Kier alpha value is -3.42. The molecule has 0 saturated carbocycles. The van der Waals surface area contributed by atoms with Crippen LogP contribution in [0.4, 0.5) is 5.82 Å². The van der Waals surface area contributed by atoms with Crippen LogP contribution in [0.25, 0.3) is 11.1 Å². The van der Waals surface area contributed by atoms with Crippen molar-refractivity contribution < 1.29 is 19.7 Å². The summed E-state index contributed by atoms with van der Waals surface area (Å²) in [5.74, 6) is 0.129. The van der Waals surface area contributed by atoms with Crippen LogP contribution in [0.3, 0.4) is 0 Å². The zero-order valence-corrected chi connectivity index (χ0v) is 17.6. The highest BCUT2D eigenvalue weighted by molar-refractivity contribution is 5.73. The molecule has 3 rings (SSSR count). The zero-order chi connectivity index (χ0) is 22.2. The SMILES string of the molecule is COc1cc(NCc2cccc(-c3ccccc3)c2C)ncc1CN[C@H](CO)C(=O)O. The Kier molecular flexibility index (Phi) is 7.59. The number of anilines is 1. The number of aliphatic hydroxyl groups is 1. The molecule has 0 unspecified atom stereocenters. The van der Waals surface area contributed by atoms with Gasteiger partial charge in [0, 0.05) is 30.9 Å². The number of benzene rings is 2. The van der Waals surface area contributed by atoms with E-state index < -0.39 is 18.6 Å². The molecule has 0 aliphatic heterocycles. The summed E-state index contributed by atoms with van der Waals surface area (Å²) in [4.78, 5) is 15.5. The van der Waals surface area contributed by atoms with E-state index >= 15 is 0 Å². The first-order chi connectivity index (χ1) is 15.0. The van der Waals surface area contributed by atoms with Gasteiger partial charge in [-0.05, 0) is 29.2 Å². The van der Waals surface area contributed by atoms with Crippen LogP contribution < -0.4 is 15.4 Å². The number of carboxylic acids is 1. The highest BCUT2D eigenvalue weighted by atomic mass is 16.5. The van der Waals surface area contributed by atoms with E-state index in [1.165, 1.54) is 22.3 Å². The lowest BCUT2D eigenvalue weighted by atomic mass is 9.96. The third-order valence-corrected chi connectivity index (χ3v) is 5.17. The third-order valence-electron chi connectivity index (χ3n) is 5.17. The van der Waals surface area contributed by atoms with Gasteiger partial charge in [-0.25, -0.2) is 4.98 Å². The summed E-state index contributed by atoms with van der Waals surface area (Å²) in [6, 6.07) is 17.3. The molecule has 0 aliphatic carbocycles. The second kappa shape index (κ2) is 10.6. The largest absolute Gasteiger partial charge is 0.496 e. The minimum atomic E-state index is -1.11. The van der Waals surface area contributed by atoms with Gasteiger partial charge in [0.2, 0.25) is 0 Å². The standard InChI is InChI=1S/C24H27N3O4/c1-16-18(9-6-10-20(16)17-7-4-3-5-8-17)12-26-23-11-22(31-2)19(14-27-23)13-25-21(15-28)24(29)30/h3-11,14,21,25,28H,12-13,15H2,1-2H3,(H,26,27)(H,29,30)/t21-/m1/s1. The van der Waals surface area contributed by atoms with E-state index in [4.69, 9.17) is 14.9 Å². The molecular weight excluding hydrogens is 394 g/mol. The van der Waals surface area contributed by atoms with Crippen LogP contribution >= 0.6 is 0 Å². The van der Waals surface area contributed by atoms with Crippen molar-refractivity contribution in [2.24, 2.45) is 0 Å². The quantitative estimate of drug-likeness (QED) is 0.398. The van der Waals surface area contributed by atoms with Crippen molar-refractivity contribution in [2.75, 3.05) is 19.0 Å². The molecule has 4 N–H and O–H groups in total. The van der Waals surface area contributed by atoms with Crippen LogP contribution in [0.1, 0.15) is 16.7 Å². The summed E-state index contributed by atoms with van der Waals surface area (Å²) in [7, 11) is 1.55. The number of hydrogen-bond acceptors (Lipinski definition) is 6. The van der Waals surface area contributed by atoms with Gasteiger partial charge < -0.3 is 20.3 Å². The van der Waals surface area contributed by atoms with Gasteiger partial charge in [0.1, 0.15) is 17.6 Å². The Bertz CT molecular complexity index is 1020. The minimum Gasteiger partial charge on any atom is -0.496 e. The van der Waals surface area contributed by atoms with Gasteiger partial charge in [-0.3, -0.25) is 10.1 Å². The molecule has 0 bridgehead atoms. The molecule has 7 heteroatoms. The van der Waals surface area contributed by atoms with Crippen LogP contribution in [-0.4, -0.2) is 40.9 Å². The summed E-state index contributed by atoms with van der Waals surface area (Å²) in [5, 5.41) is 24.3. The number of aliphatic hydroxyl groups excluding tert-OH is 1. The molecule has 162 valence electrons. The second-order valence-corrected chi connectivity index (χ2v) is 7.14. The molecule has 3 aromatic rings. The molecule has 1 aromatic heterocycles. The van der Waals surface area contributed by atoms with Crippen LogP contribution in [0, 0.1) is 6.92 Å². The van der Waals surface area contributed by atoms with Gasteiger partial charge in [-0.15, -0.1) is 0 Å². The topological polar surface area (TPSA) is 104 Å². The molecular formula is C24H27N3O4. The molecule has 0 amide bonds. The third kappa shape index (κ3) is 5.59. The Balaban J connectivity index is 1.70. The average Bonchev–Trinajstić information content (AvgIpc) is 2.79. The van der Waals surface area contributed by atoms with E-state index in [1.807, 2.05) is 18.2 Å². The lowest BCUT2D eigenvalue weighted by Crippen LogP contribution is -2.39. The van der Waals surface area contributed by atoms with Crippen LogP contribution in [-0.2, 0) is 17.9 Å². The molecule has 0 saturated heterocycles. The summed E-state index contributed by atoms with van der Waals surface area (Å²) in [6.45, 7) is 2.44. The first-order valence-electron chi connectivity index (χ1n) is 10.0. The maximum atomic E-state index is 11.0. The number of nitrogens with zero attached hydrogens (tertiary/aromatic N) is 1. The van der Waals surface area contributed by atoms with Crippen molar-refractivity contribution in [1.82, 2.24) is 10.3 Å². The Morgan fingerprint density at radius 1 is 1.10 bits per heavy atom. The van der Waals surface area contributed by atoms with Gasteiger partial charge in [0.05, 0.1) is 13.7 Å². The number of nitrogens with one attached hydrogen (secondary N) is 2. The lowest BCUT2D eigenvalue weighted by Gasteiger charge is -2.16. The van der Waals surface area contributed by atoms with E-state index in [1.54, 1.807) is 19.4 Å². The Morgan fingerprint density at radius 3 is 2.55 bits per heavy atom. The monoisotopic (exact) mass is 421 g/mol. The summed E-state index contributed by atoms with van der Waals surface area (Å²) >= 11 is 0. The molecule has 31 heavy (non-hydrogen) atoms. The Labute approximate surface area is 181 Å². The van der Waals surface area contributed by atoms with Crippen molar-refractivity contribution in [3.63, 3.8) is 0 Å². The number of aromatic nitrogens is 1. The normalized spacial score (nSPS) is 11.7. The van der Waals surface area contributed by atoms with Crippen molar-refractivity contribution in [1.29, 1.82) is 0 Å². The predicted octanol–water partition coefficient (Wildman–Crippen LogP) is 3.21. The maximum Gasteiger partial charge on any atom is 0.323 e. The molecule has 1 atom stereocenters. The second-order valence-electron chi connectivity index (χ2n) is 7.14.